The molecule has 0 atom stereocenters. The number of ether oxygens (including phenoxy) is 1. The average molecular weight is 365 g/mol. The summed E-state index contributed by atoms with van der Waals surface area (Å²) in [5.74, 6) is 0.00994. The molecule has 4 rings (SSSR count). The Morgan fingerprint density at radius 3 is 2.78 bits per heavy atom. The summed E-state index contributed by atoms with van der Waals surface area (Å²) in [6.45, 7) is 0.287. The number of hydrogen-bond donors (Lipinski definition) is 2. The van der Waals surface area contributed by atoms with Crippen LogP contribution in [0.5, 0.6) is 5.75 Å². The largest absolute Gasteiger partial charge is 0.494 e. The maximum atomic E-state index is 13.8. The third-order valence-electron chi connectivity index (χ3n) is 4.12. The van der Waals surface area contributed by atoms with Crippen molar-refractivity contribution in [2.24, 2.45) is 0 Å². The molecular formula is C19H16FN5O2. The Morgan fingerprint density at radius 2 is 2.04 bits per heavy atom. The molecule has 0 amide bonds. The highest BCUT2D eigenvalue weighted by molar-refractivity contribution is 5.76. The van der Waals surface area contributed by atoms with Crippen LogP contribution in [0.4, 0.5) is 10.3 Å². The summed E-state index contributed by atoms with van der Waals surface area (Å²) in [7, 11) is 1.41. The Bertz CT molecular complexity index is 1150. The summed E-state index contributed by atoms with van der Waals surface area (Å²) in [6.07, 6.45) is 1.48. The van der Waals surface area contributed by atoms with Crippen molar-refractivity contribution in [1.29, 1.82) is 0 Å². The van der Waals surface area contributed by atoms with E-state index in [-0.39, 0.29) is 23.8 Å². The van der Waals surface area contributed by atoms with Gasteiger partial charge in [0, 0.05) is 6.54 Å². The molecule has 0 bridgehead atoms. The zero-order valence-electron chi connectivity index (χ0n) is 14.4. The predicted molar refractivity (Wildman–Crippen MR) is 99.8 cm³/mol. The molecule has 2 aromatic carbocycles. The number of fused-ring (bicyclic) bond motifs is 1. The van der Waals surface area contributed by atoms with Crippen LogP contribution in [0.15, 0.2) is 59.5 Å². The van der Waals surface area contributed by atoms with Gasteiger partial charge in [-0.25, -0.2) is 9.07 Å². The third kappa shape index (κ3) is 3.24. The smallest absolute Gasteiger partial charge is 0.263 e. The Kier molecular flexibility index (Phi) is 4.29. The van der Waals surface area contributed by atoms with Gasteiger partial charge in [0.2, 0.25) is 5.95 Å². The van der Waals surface area contributed by atoms with Crippen LogP contribution in [0, 0.1) is 5.82 Å². The molecule has 2 N–H and O–H groups in total. The highest BCUT2D eigenvalue weighted by Crippen LogP contribution is 2.19. The molecule has 0 saturated carbocycles. The topological polar surface area (TPSA) is 84.8 Å². The van der Waals surface area contributed by atoms with Crippen molar-refractivity contribution in [2.75, 3.05) is 12.4 Å². The van der Waals surface area contributed by atoms with Crippen LogP contribution >= 0.6 is 0 Å². The van der Waals surface area contributed by atoms with E-state index in [2.05, 4.69) is 20.4 Å². The fourth-order valence-corrected chi connectivity index (χ4v) is 2.77. The van der Waals surface area contributed by atoms with E-state index in [1.165, 1.54) is 19.4 Å². The van der Waals surface area contributed by atoms with Crippen LogP contribution in [-0.2, 0) is 6.54 Å². The second kappa shape index (κ2) is 6.91. The first kappa shape index (κ1) is 16.8. The quantitative estimate of drug-likeness (QED) is 0.568. The number of benzene rings is 2. The average Bonchev–Trinajstić information content (AvgIpc) is 3.12. The molecule has 4 aromatic rings. The van der Waals surface area contributed by atoms with E-state index in [1.54, 1.807) is 16.8 Å². The highest BCUT2D eigenvalue weighted by Gasteiger charge is 2.11. The van der Waals surface area contributed by atoms with E-state index in [1.807, 2.05) is 30.3 Å². The Balaban J connectivity index is 1.65. The summed E-state index contributed by atoms with van der Waals surface area (Å²) in [5, 5.41) is 7.66. The lowest BCUT2D eigenvalue weighted by molar-refractivity contribution is 0.386. The van der Waals surface area contributed by atoms with E-state index in [0.29, 0.717) is 16.6 Å². The van der Waals surface area contributed by atoms with E-state index in [4.69, 9.17) is 4.74 Å². The van der Waals surface area contributed by atoms with Crippen molar-refractivity contribution in [3.05, 3.63) is 76.5 Å². The summed E-state index contributed by atoms with van der Waals surface area (Å²) in [4.78, 5) is 19.5. The van der Waals surface area contributed by atoms with E-state index < -0.39 is 5.82 Å². The number of rotatable bonds is 5. The van der Waals surface area contributed by atoms with Crippen LogP contribution in [0.3, 0.4) is 0 Å². The minimum Gasteiger partial charge on any atom is -0.494 e. The first-order valence-corrected chi connectivity index (χ1v) is 8.25. The fourth-order valence-electron chi connectivity index (χ4n) is 2.77. The van der Waals surface area contributed by atoms with Gasteiger partial charge in [0.15, 0.2) is 17.2 Å². The van der Waals surface area contributed by atoms with Gasteiger partial charge in [-0.2, -0.15) is 10.1 Å². The number of halogens is 1. The summed E-state index contributed by atoms with van der Waals surface area (Å²) in [5.41, 5.74) is 1.63. The van der Waals surface area contributed by atoms with Crippen LogP contribution in [0.1, 0.15) is 5.56 Å². The first-order valence-electron chi connectivity index (χ1n) is 8.25. The van der Waals surface area contributed by atoms with Crippen LogP contribution in [0.2, 0.25) is 0 Å². The standard InChI is InChI=1S/C19H16FN5O2/c1-27-16-8-7-12(9-15(16)20)10-21-19-23-17-14(18(26)24-19)11-22-25(17)13-5-3-2-4-6-13/h2-9,11H,10H2,1H3,(H2,21,23,24,26). The molecule has 2 aromatic heterocycles. The Hall–Kier alpha value is -3.68. The van der Waals surface area contributed by atoms with Gasteiger partial charge in [-0.15, -0.1) is 0 Å². The number of nitrogens with one attached hydrogen (secondary N) is 2. The molecule has 0 spiro atoms. The second-order valence-corrected chi connectivity index (χ2v) is 5.87. The van der Waals surface area contributed by atoms with Gasteiger partial charge in [0.05, 0.1) is 19.0 Å². The lowest BCUT2D eigenvalue weighted by Crippen LogP contribution is -2.13. The molecule has 2 heterocycles. The molecule has 0 fully saturated rings. The number of anilines is 1. The van der Waals surface area contributed by atoms with Crippen molar-refractivity contribution in [2.45, 2.75) is 6.54 Å². The number of methoxy groups -OCH3 is 1. The van der Waals surface area contributed by atoms with Gasteiger partial charge in [0.1, 0.15) is 5.39 Å². The molecule has 7 nitrogen and oxygen atoms in total. The lowest BCUT2D eigenvalue weighted by atomic mass is 10.2. The molecule has 0 aliphatic carbocycles. The van der Waals surface area contributed by atoms with Crippen molar-refractivity contribution in [3.63, 3.8) is 0 Å². The van der Waals surface area contributed by atoms with Gasteiger partial charge >= 0.3 is 0 Å². The van der Waals surface area contributed by atoms with Gasteiger partial charge in [-0.05, 0) is 29.8 Å². The third-order valence-corrected chi connectivity index (χ3v) is 4.12. The Morgan fingerprint density at radius 1 is 1.22 bits per heavy atom. The molecule has 0 radical (unpaired) electrons. The van der Waals surface area contributed by atoms with Crippen molar-refractivity contribution in [3.8, 4) is 11.4 Å². The van der Waals surface area contributed by atoms with Gasteiger partial charge in [-0.1, -0.05) is 24.3 Å². The van der Waals surface area contributed by atoms with Gasteiger partial charge in [-0.3, -0.25) is 9.78 Å². The second-order valence-electron chi connectivity index (χ2n) is 5.87. The Labute approximate surface area is 153 Å². The summed E-state index contributed by atoms with van der Waals surface area (Å²) in [6, 6.07) is 14.1. The van der Waals surface area contributed by atoms with E-state index in [9.17, 15) is 9.18 Å². The minimum absolute atomic E-state index is 0.179. The summed E-state index contributed by atoms with van der Waals surface area (Å²) < 4.78 is 20.3. The number of aromatic amines is 1. The van der Waals surface area contributed by atoms with Crippen molar-refractivity contribution >= 4 is 17.0 Å². The van der Waals surface area contributed by atoms with Crippen LogP contribution in [-0.4, -0.2) is 26.9 Å². The van der Waals surface area contributed by atoms with Crippen molar-refractivity contribution in [1.82, 2.24) is 19.7 Å². The van der Waals surface area contributed by atoms with E-state index >= 15 is 0 Å². The zero-order valence-corrected chi connectivity index (χ0v) is 14.4. The zero-order chi connectivity index (χ0) is 18.8. The first-order chi connectivity index (χ1) is 13.2. The molecule has 8 heteroatoms. The number of aromatic nitrogens is 4. The molecule has 136 valence electrons. The normalized spacial score (nSPS) is 10.9. The predicted octanol–water partition coefficient (Wildman–Crippen LogP) is 2.87. The molecule has 27 heavy (non-hydrogen) atoms. The van der Waals surface area contributed by atoms with Crippen LogP contribution < -0.4 is 15.6 Å². The fraction of sp³-hybridized carbons (Fsp3) is 0.105. The number of para-hydroxylation sites is 1. The van der Waals surface area contributed by atoms with Gasteiger partial charge in [0.25, 0.3) is 5.56 Å². The monoisotopic (exact) mass is 365 g/mol. The van der Waals surface area contributed by atoms with E-state index in [0.717, 1.165) is 5.69 Å². The lowest BCUT2D eigenvalue weighted by Gasteiger charge is -2.08. The van der Waals surface area contributed by atoms with Crippen LogP contribution in [0.25, 0.3) is 16.7 Å². The maximum absolute atomic E-state index is 13.8. The molecule has 0 unspecified atom stereocenters. The SMILES string of the molecule is COc1ccc(CNc2nc3c(cnn3-c3ccccc3)c(=O)[nH]2)cc1F. The number of hydrogen-bond acceptors (Lipinski definition) is 5. The molecule has 0 aliphatic heterocycles. The molecule has 0 aliphatic rings. The van der Waals surface area contributed by atoms with Gasteiger partial charge < -0.3 is 10.1 Å². The maximum Gasteiger partial charge on any atom is 0.263 e. The van der Waals surface area contributed by atoms with Crippen molar-refractivity contribution < 1.29 is 9.13 Å². The highest BCUT2D eigenvalue weighted by atomic mass is 19.1. The molecular weight excluding hydrogens is 349 g/mol. The summed E-state index contributed by atoms with van der Waals surface area (Å²) >= 11 is 0. The molecule has 0 saturated heterocycles. The number of H-pyrrole nitrogens is 1. The minimum atomic E-state index is -0.448. The number of nitrogens with zero attached hydrogens (tertiary/aromatic N) is 3.